The number of nitrogens with one attached hydrogen (secondary N) is 2. The minimum absolute atomic E-state index is 0.108. The van der Waals surface area contributed by atoms with Gasteiger partial charge in [0.05, 0.1) is 18.9 Å². The van der Waals surface area contributed by atoms with E-state index in [9.17, 15) is 14.7 Å². The van der Waals surface area contributed by atoms with Crippen molar-refractivity contribution >= 4 is 17.5 Å². The molecule has 8 nitrogen and oxygen atoms in total. The zero-order chi connectivity index (χ0) is 19.7. The molecule has 0 aromatic carbocycles. The molecule has 0 aliphatic carbocycles. The lowest BCUT2D eigenvalue weighted by molar-refractivity contribution is -0.137. The molecule has 0 aromatic rings. The fourth-order valence-electron chi connectivity index (χ4n) is 1.76. The predicted molar refractivity (Wildman–Crippen MR) is 96.2 cm³/mol. The van der Waals surface area contributed by atoms with Crippen LogP contribution >= 0.6 is 0 Å². The van der Waals surface area contributed by atoms with Crippen LogP contribution in [0.2, 0.25) is 0 Å². The van der Waals surface area contributed by atoms with E-state index in [-0.39, 0.29) is 37.6 Å². The van der Waals surface area contributed by atoms with Gasteiger partial charge in [0, 0.05) is 25.5 Å². The molecule has 1 unspecified atom stereocenters. The number of carbonyl (C=O) groups excluding carboxylic acids is 2. The zero-order valence-corrected chi connectivity index (χ0v) is 16.4. The Kier molecular flexibility index (Phi) is 9.66. The Hall–Kier alpha value is -1.67. The molecular weight excluding hydrogens is 326 g/mol. The van der Waals surface area contributed by atoms with Crippen LogP contribution in [-0.4, -0.2) is 61.1 Å². The lowest BCUT2D eigenvalue weighted by Gasteiger charge is -2.28. The first kappa shape index (κ1) is 23.3. The summed E-state index contributed by atoms with van der Waals surface area (Å²) in [7, 11) is 1.51. The molecule has 0 heterocycles. The minimum atomic E-state index is -1.21. The Bertz CT molecular complexity index is 469. The second-order valence-electron chi connectivity index (χ2n) is 7.67. The van der Waals surface area contributed by atoms with E-state index >= 15 is 0 Å². The van der Waals surface area contributed by atoms with Crippen LogP contribution in [0.4, 0.5) is 0 Å². The standard InChI is InChI=1S/C17H33N3O5/c1-12(20-25-16(2,3)4)10-19-13(21)8-9-18-15(23)14(22)17(5,6)11-24-7/h14,22H,8-11H2,1-7H3,(H,18,23)(H,19,21)/b20-12+. The van der Waals surface area contributed by atoms with Crippen molar-refractivity contribution in [1.29, 1.82) is 0 Å². The quantitative estimate of drug-likeness (QED) is 0.395. The van der Waals surface area contributed by atoms with E-state index in [4.69, 9.17) is 9.57 Å². The van der Waals surface area contributed by atoms with Gasteiger partial charge in [0.25, 0.3) is 0 Å². The summed E-state index contributed by atoms with van der Waals surface area (Å²) in [5.41, 5.74) is -0.446. The average Bonchev–Trinajstić information content (AvgIpc) is 2.49. The van der Waals surface area contributed by atoms with Crippen molar-refractivity contribution in [3.05, 3.63) is 0 Å². The molecule has 0 rings (SSSR count). The van der Waals surface area contributed by atoms with Gasteiger partial charge in [-0.05, 0) is 27.7 Å². The summed E-state index contributed by atoms with van der Waals surface area (Å²) in [6.07, 6.45) is -1.10. The molecule has 146 valence electrons. The van der Waals surface area contributed by atoms with Crippen LogP contribution in [0.25, 0.3) is 0 Å². The van der Waals surface area contributed by atoms with Crippen molar-refractivity contribution in [3.63, 3.8) is 0 Å². The lowest BCUT2D eigenvalue weighted by atomic mass is 9.87. The molecule has 0 aromatic heterocycles. The number of nitrogens with zero attached hydrogens (tertiary/aromatic N) is 1. The van der Waals surface area contributed by atoms with Crippen LogP contribution in [0.15, 0.2) is 5.16 Å². The highest BCUT2D eigenvalue weighted by molar-refractivity contribution is 5.88. The number of rotatable bonds is 10. The van der Waals surface area contributed by atoms with Crippen molar-refractivity contribution in [1.82, 2.24) is 10.6 Å². The summed E-state index contributed by atoms with van der Waals surface area (Å²) in [4.78, 5) is 28.9. The number of amides is 2. The highest BCUT2D eigenvalue weighted by Crippen LogP contribution is 2.20. The summed E-state index contributed by atoms with van der Waals surface area (Å²) in [6.45, 7) is 11.5. The molecule has 0 aliphatic rings. The SMILES string of the molecule is COCC(C)(C)C(O)C(=O)NCCC(=O)NC/C(C)=N/OC(C)(C)C. The Labute approximate surface area is 150 Å². The van der Waals surface area contributed by atoms with E-state index in [1.807, 2.05) is 20.8 Å². The number of carbonyl (C=O) groups is 2. The van der Waals surface area contributed by atoms with Crippen molar-refractivity contribution in [2.24, 2.45) is 10.6 Å². The fraction of sp³-hybridized carbons (Fsp3) is 0.824. The van der Waals surface area contributed by atoms with Crippen LogP contribution in [-0.2, 0) is 19.2 Å². The van der Waals surface area contributed by atoms with Gasteiger partial charge in [-0.3, -0.25) is 9.59 Å². The van der Waals surface area contributed by atoms with E-state index in [1.54, 1.807) is 20.8 Å². The smallest absolute Gasteiger partial charge is 0.249 e. The maximum absolute atomic E-state index is 11.9. The van der Waals surface area contributed by atoms with Gasteiger partial charge >= 0.3 is 0 Å². The van der Waals surface area contributed by atoms with Gasteiger partial charge in [0.2, 0.25) is 11.8 Å². The first-order valence-corrected chi connectivity index (χ1v) is 8.32. The van der Waals surface area contributed by atoms with Gasteiger partial charge in [-0.15, -0.1) is 0 Å². The number of methoxy groups -OCH3 is 1. The van der Waals surface area contributed by atoms with Gasteiger partial charge in [0.1, 0.15) is 11.7 Å². The van der Waals surface area contributed by atoms with Gasteiger partial charge in [0.15, 0.2) is 0 Å². The summed E-state index contributed by atoms with van der Waals surface area (Å²) in [5.74, 6) is -0.748. The highest BCUT2D eigenvalue weighted by Gasteiger charge is 2.33. The molecule has 3 N–H and O–H groups in total. The van der Waals surface area contributed by atoms with Crippen molar-refractivity contribution in [3.8, 4) is 0 Å². The van der Waals surface area contributed by atoms with E-state index in [0.29, 0.717) is 5.71 Å². The normalized spacial score (nSPS) is 14.0. The maximum Gasteiger partial charge on any atom is 0.249 e. The molecule has 0 bridgehead atoms. The van der Waals surface area contributed by atoms with E-state index in [0.717, 1.165) is 0 Å². The molecule has 0 fully saturated rings. The number of hydrogen-bond acceptors (Lipinski definition) is 6. The largest absolute Gasteiger partial charge is 0.390 e. The molecule has 2 amide bonds. The molecule has 25 heavy (non-hydrogen) atoms. The Balaban J connectivity index is 4.13. The minimum Gasteiger partial charge on any atom is -0.390 e. The third kappa shape index (κ3) is 10.7. The third-order valence-corrected chi connectivity index (χ3v) is 3.17. The van der Waals surface area contributed by atoms with E-state index < -0.39 is 17.4 Å². The van der Waals surface area contributed by atoms with Gasteiger partial charge in [-0.2, -0.15) is 0 Å². The first-order chi connectivity index (χ1) is 11.4. The lowest BCUT2D eigenvalue weighted by Crippen LogP contribution is -2.46. The predicted octanol–water partition coefficient (Wildman–Crippen LogP) is 0.833. The van der Waals surface area contributed by atoms with E-state index in [1.165, 1.54) is 7.11 Å². The highest BCUT2D eigenvalue weighted by atomic mass is 16.6. The maximum atomic E-state index is 11.9. The third-order valence-electron chi connectivity index (χ3n) is 3.17. The number of hydrogen-bond donors (Lipinski definition) is 3. The number of aliphatic hydroxyl groups is 1. The van der Waals surface area contributed by atoms with Crippen LogP contribution < -0.4 is 10.6 Å². The number of ether oxygens (including phenoxy) is 1. The van der Waals surface area contributed by atoms with Crippen LogP contribution in [0, 0.1) is 5.41 Å². The van der Waals surface area contributed by atoms with Crippen LogP contribution in [0.5, 0.6) is 0 Å². The molecule has 0 saturated carbocycles. The molecule has 0 aliphatic heterocycles. The van der Waals surface area contributed by atoms with Crippen LogP contribution in [0.1, 0.15) is 48.0 Å². The topological polar surface area (TPSA) is 109 Å². The summed E-state index contributed by atoms with van der Waals surface area (Å²) in [5, 5.41) is 19.2. The van der Waals surface area contributed by atoms with Gasteiger partial charge in [-0.25, -0.2) is 0 Å². The molecule has 0 radical (unpaired) electrons. The Morgan fingerprint density at radius 3 is 2.28 bits per heavy atom. The second-order valence-corrected chi connectivity index (χ2v) is 7.67. The molecule has 1 atom stereocenters. The van der Waals surface area contributed by atoms with Crippen LogP contribution in [0.3, 0.4) is 0 Å². The van der Waals surface area contributed by atoms with Crippen molar-refractivity contribution in [2.45, 2.75) is 59.7 Å². The molecule has 0 spiro atoms. The van der Waals surface area contributed by atoms with Crippen molar-refractivity contribution < 1.29 is 24.3 Å². The summed E-state index contributed by atoms with van der Waals surface area (Å²) < 4.78 is 4.99. The summed E-state index contributed by atoms with van der Waals surface area (Å²) in [6, 6.07) is 0. The molecule has 8 heteroatoms. The zero-order valence-electron chi connectivity index (χ0n) is 16.4. The number of oxime groups is 1. The number of aliphatic hydroxyl groups excluding tert-OH is 1. The Morgan fingerprint density at radius 2 is 1.76 bits per heavy atom. The first-order valence-electron chi connectivity index (χ1n) is 8.32. The average molecular weight is 359 g/mol. The molecule has 0 saturated heterocycles. The second kappa shape index (κ2) is 10.4. The summed E-state index contributed by atoms with van der Waals surface area (Å²) >= 11 is 0. The van der Waals surface area contributed by atoms with Crippen molar-refractivity contribution in [2.75, 3.05) is 26.8 Å². The monoisotopic (exact) mass is 359 g/mol. The van der Waals surface area contributed by atoms with Gasteiger partial charge in [-0.1, -0.05) is 19.0 Å². The molecular formula is C17H33N3O5. The van der Waals surface area contributed by atoms with Gasteiger partial charge < -0.3 is 25.3 Å². The fourth-order valence-corrected chi connectivity index (χ4v) is 1.76. The Morgan fingerprint density at radius 1 is 1.16 bits per heavy atom. The van der Waals surface area contributed by atoms with E-state index in [2.05, 4.69) is 15.8 Å².